The summed E-state index contributed by atoms with van der Waals surface area (Å²) in [7, 11) is 0. The lowest BCUT2D eigenvalue weighted by atomic mass is 9.97. The molecule has 148 valence electrons. The normalized spacial score (nSPS) is 15.9. The summed E-state index contributed by atoms with van der Waals surface area (Å²) in [6.45, 7) is 0.0237. The molecular weight excluding hydrogens is 369 g/mol. The summed E-state index contributed by atoms with van der Waals surface area (Å²) in [5.74, 6) is -0.577. The van der Waals surface area contributed by atoms with Crippen LogP contribution in [0, 0.1) is 0 Å². The maximum Gasteiger partial charge on any atom is 0.401 e. The van der Waals surface area contributed by atoms with Crippen molar-refractivity contribution < 1.29 is 22.8 Å². The van der Waals surface area contributed by atoms with Gasteiger partial charge in [0.05, 0.1) is 12.1 Å². The van der Waals surface area contributed by atoms with E-state index in [9.17, 15) is 22.8 Å². The Kier molecular flexibility index (Phi) is 6.14. The van der Waals surface area contributed by atoms with Crippen molar-refractivity contribution in [2.75, 3.05) is 32.7 Å². The van der Waals surface area contributed by atoms with E-state index in [1.54, 1.807) is 54.6 Å². The van der Waals surface area contributed by atoms with Crippen LogP contribution in [0.5, 0.6) is 0 Å². The summed E-state index contributed by atoms with van der Waals surface area (Å²) >= 11 is 0. The highest BCUT2D eigenvalue weighted by atomic mass is 19.4. The first-order chi connectivity index (χ1) is 13.3. The van der Waals surface area contributed by atoms with Crippen molar-refractivity contribution in [1.29, 1.82) is 0 Å². The molecule has 1 aliphatic rings. The first kappa shape index (κ1) is 20.1. The van der Waals surface area contributed by atoms with Gasteiger partial charge in [0.2, 0.25) is 0 Å². The largest absolute Gasteiger partial charge is 0.401 e. The lowest BCUT2D eigenvalue weighted by molar-refractivity contribution is -0.145. The molecule has 28 heavy (non-hydrogen) atoms. The molecule has 0 bridgehead atoms. The van der Waals surface area contributed by atoms with Crippen molar-refractivity contribution in [2.24, 2.45) is 0 Å². The monoisotopic (exact) mass is 390 g/mol. The van der Waals surface area contributed by atoms with Gasteiger partial charge in [-0.05, 0) is 12.5 Å². The lowest BCUT2D eigenvalue weighted by Crippen LogP contribution is -2.38. The van der Waals surface area contributed by atoms with Gasteiger partial charge in [-0.15, -0.1) is 0 Å². The van der Waals surface area contributed by atoms with Crippen LogP contribution in [0.4, 0.5) is 13.2 Å². The van der Waals surface area contributed by atoms with Crippen LogP contribution in [-0.4, -0.2) is 60.4 Å². The van der Waals surface area contributed by atoms with E-state index in [4.69, 9.17) is 0 Å². The van der Waals surface area contributed by atoms with E-state index in [1.165, 1.54) is 9.80 Å². The second kappa shape index (κ2) is 8.56. The Bertz CT molecular complexity index is 837. The molecule has 4 nitrogen and oxygen atoms in total. The number of amides is 1. The van der Waals surface area contributed by atoms with E-state index in [1.807, 2.05) is 0 Å². The van der Waals surface area contributed by atoms with Crippen molar-refractivity contribution in [3.63, 3.8) is 0 Å². The summed E-state index contributed by atoms with van der Waals surface area (Å²) < 4.78 is 37.9. The molecule has 1 aliphatic heterocycles. The third kappa shape index (κ3) is 4.98. The van der Waals surface area contributed by atoms with Gasteiger partial charge in [0.15, 0.2) is 5.78 Å². The van der Waals surface area contributed by atoms with Crippen molar-refractivity contribution in [3.05, 3.63) is 71.3 Å². The van der Waals surface area contributed by atoms with Crippen molar-refractivity contribution >= 4 is 11.7 Å². The Balaban J connectivity index is 1.77. The summed E-state index contributed by atoms with van der Waals surface area (Å²) in [5, 5.41) is 0. The maximum absolute atomic E-state index is 13.0. The predicted molar refractivity (Wildman–Crippen MR) is 99.3 cm³/mol. The summed E-state index contributed by atoms with van der Waals surface area (Å²) in [5.41, 5.74) is 1.06. The highest BCUT2D eigenvalue weighted by molar-refractivity contribution is 6.15. The van der Waals surface area contributed by atoms with E-state index >= 15 is 0 Å². The summed E-state index contributed by atoms with van der Waals surface area (Å²) in [6.07, 6.45) is -3.80. The van der Waals surface area contributed by atoms with Gasteiger partial charge in [-0.3, -0.25) is 14.5 Å². The average Bonchev–Trinajstić information content (AvgIpc) is 2.91. The number of rotatable bonds is 4. The fraction of sp³-hybridized carbons (Fsp3) is 0.333. The quantitative estimate of drug-likeness (QED) is 0.749. The third-order valence-corrected chi connectivity index (χ3v) is 4.72. The Morgan fingerprint density at radius 1 is 0.821 bits per heavy atom. The standard InChI is InChI=1S/C21H21F3N2O2/c22-21(23,24)15-25-11-6-12-26(14-13-25)20(28)18-10-5-4-9-17(18)19(27)16-7-2-1-3-8-16/h1-5,7-10H,6,11-15H2. The van der Waals surface area contributed by atoms with E-state index in [2.05, 4.69) is 0 Å². The fourth-order valence-electron chi connectivity index (χ4n) is 3.37. The third-order valence-electron chi connectivity index (χ3n) is 4.72. The van der Waals surface area contributed by atoms with Crippen molar-refractivity contribution in [1.82, 2.24) is 9.80 Å². The van der Waals surface area contributed by atoms with Gasteiger partial charge in [-0.25, -0.2) is 0 Å². The van der Waals surface area contributed by atoms with Crippen LogP contribution in [0.3, 0.4) is 0 Å². The molecule has 0 atom stereocenters. The summed E-state index contributed by atoms with van der Waals surface area (Å²) in [4.78, 5) is 28.7. The maximum atomic E-state index is 13.0. The van der Waals surface area contributed by atoms with Crippen molar-refractivity contribution in [2.45, 2.75) is 12.6 Å². The Morgan fingerprint density at radius 2 is 1.46 bits per heavy atom. The molecule has 0 aliphatic carbocycles. The van der Waals surface area contributed by atoms with Gasteiger partial charge in [0, 0.05) is 37.3 Å². The minimum absolute atomic E-state index is 0.153. The second-order valence-electron chi connectivity index (χ2n) is 6.78. The van der Waals surface area contributed by atoms with Gasteiger partial charge in [-0.1, -0.05) is 48.5 Å². The van der Waals surface area contributed by atoms with Crippen LogP contribution >= 0.6 is 0 Å². The Hall–Kier alpha value is -2.67. The van der Waals surface area contributed by atoms with E-state index in [0.29, 0.717) is 24.1 Å². The van der Waals surface area contributed by atoms with Crippen LogP contribution in [0.1, 0.15) is 32.7 Å². The van der Waals surface area contributed by atoms with E-state index in [-0.39, 0.29) is 36.9 Å². The average molecular weight is 390 g/mol. The van der Waals surface area contributed by atoms with Crippen LogP contribution in [-0.2, 0) is 0 Å². The van der Waals surface area contributed by atoms with Gasteiger partial charge in [0.25, 0.3) is 5.91 Å². The number of benzene rings is 2. The number of ketones is 1. The molecule has 0 unspecified atom stereocenters. The second-order valence-corrected chi connectivity index (χ2v) is 6.78. The highest BCUT2D eigenvalue weighted by Crippen LogP contribution is 2.20. The number of nitrogens with zero attached hydrogens (tertiary/aromatic N) is 2. The number of halogens is 3. The molecule has 3 rings (SSSR count). The first-order valence-electron chi connectivity index (χ1n) is 9.12. The SMILES string of the molecule is O=C(c1ccccc1)c1ccccc1C(=O)N1CCCN(CC(F)(F)F)CC1. The fourth-order valence-corrected chi connectivity index (χ4v) is 3.37. The molecule has 1 heterocycles. The predicted octanol–water partition coefficient (Wildman–Crippen LogP) is 3.63. The topological polar surface area (TPSA) is 40.6 Å². The zero-order valence-corrected chi connectivity index (χ0v) is 15.3. The van der Waals surface area contributed by atoms with Crippen LogP contribution in [0.15, 0.2) is 54.6 Å². The number of hydrogen-bond acceptors (Lipinski definition) is 3. The van der Waals surface area contributed by atoms with Gasteiger partial charge in [-0.2, -0.15) is 13.2 Å². The van der Waals surface area contributed by atoms with Gasteiger partial charge >= 0.3 is 6.18 Å². The Morgan fingerprint density at radius 3 is 2.14 bits per heavy atom. The van der Waals surface area contributed by atoms with Crippen LogP contribution in [0.2, 0.25) is 0 Å². The number of hydrogen-bond donors (Lipinski definition) is 0. The molecule has 7 heteroatoms. The van der Waals surface area contributed by atoms with Crippen LogP contribution < -0.4 is 0 Å². The Labute approximate surface area is 161 Å². The number of alkyl halides is 3. The van der Waals surface area contributed by atoms with Crippen molar-refractivity contribution in [3.8, 4) is 0 Å². The molecule has 0 N–H and O–H groups in total. The number of carbonyl (C=O) groups excluding carboxylic acids is 2. The van der Waals surface area contributed by atoms with Crippen LogP contribution in [0.25, 0.3) is 0 Å². The molecule has 2 aromatic carbocycles. The minimum atomic E-state index is -4.26. The molecule has 2 aromatic rings. The molecule has 1 fully saturated rings. The highest BCUT2D eigenvalue weighted by Gasteiger charge is 2.32. The summed E-state index contributed by atoms with van der Waals surface area (Å²) in [6, 6.07) is 15.3. The molecule has 0 radical (unpaired) electrons. The van der Waals surface area contributed by atoms with E-state index < -0.39 is 12.7 Å². The zero-order valence-electron chi connectivity index (χ0n) is 15.3. The first-order valence-corrected chi connectivity index (χ1v) is 9.12. The van der Waals surface area contributed by atoms with Gasteiger partial charge in [0.1, 0.15) is 0 Å². The molecule has 1 saturated heterocycles. The molecule has 0 spiro atoms. The molecule has 0 aromatic heterocycles. The molecule has 1 amide bonds. The van der Waals surface area contributed by atoms with Gasteiger partial charge < -0.3 is 4.90 Å². The molecular formula is C21H21F3N2O2. The smallest absolute Gasteiger partial charge is 0.337 e. The van der Waals surface area contributed by atoms with E-state index in [0.717, 1.165) is 0 Å². The molecule has 0 saturated carbocycles. The number of carbonyl (C=O) groups is 2. The zero-order chi connectivity index (χ0) is 20.1. The minimum Gasteiger partial charge on any atom is -0.337 e. The lowest BCUT2D eigenvalue weighted by Gasteiger charge is -2.23.